The number of halogens is 1. The van der Waals surface area contributed by atoms with Gasteiger partial charge in [0, 0.05) is 18.6 Å². The van der Waals surface area contributed by atoms with Crippen LogP contribution in [0.3, 0.4) is 0 Å². The molecule has 2 heterocycles. The summed E-state index contributed by atoms with van der Waals surface area (Å²) in [5, 5.41) is 6.40. The molecule has 0 saturated carbocycles. The van der Waals surface area contributed by atoms with Crippen molar-refractivity contribution in [3.63, 3.8) is 0 Å². The first-order valence-electron chi connectivity index (χ1n) is 5.68. The molecule has 1 amide bonds. The van der Waals surface area contributed by atoms with Gasteiger partial charge in [0.2, 0.25) is 5.95 Å². The van der Waals surface area contributed by atoms with Gasteiger partial charge in [-0.3, -0.25) is 10.1 Å². The molecule has 20 heavy (non-hydrogen) atoms. The van der Waals surface area contributed by atoms with Crippen LogP contribution in [-0.2, 0) is 16.2 Å². The Labute approximate surface area is 120 Å². The molecule has 2 rings (SSSR count). The Morgan fingerprint density at radius 2 is 2.40 bits per heavy atom. The van der Waals surface area contributed by atoms with Gasteiger partial charge in [-0.1, -0.05) is 22.8 Å². The summed E-state index contributed by atoms with van der Waals surface area (Å²) in [5.41, 5.74) is 0.938. The highest BCUT2D eigenvalue weighted by atomic mass is 35.5. The fourth-order valence-corrected chi connectivity index (χ4v) is 1.61. The molecule has 0 fully saturated rings. The number of oxime groups is 1. The third-order valence-electron chi connectivity index (χ3n) is 2.37. The van der Waals surface area contributed by atoms with Crippen LogP contribution in [0.25, 0.3) is 0 Å². The van der Waals surface area contributed by atoms with Crippen molar-refractivity contribution < 1.29 is 9.63 Å². The second-order valence-electron chi connectivity index (χ2n) is 3.77. The molecule has 0 unspecified atom stereocenters. The van der Waals surface area contributed by atoms with Crippen LogP contribution in [0.4, 0.5) is 5.95 Å². The fourth-order valence-electron chi connectivity index (χ4n) is 1.50. The van der Waals surface area contributed by atoms with Gasteiger partial charge >= 0.3 is 0 Å². The third-order valence-corrected chi connectivity index (χ3v) is 2.59. The Kier molecular flexibility index (Phi) is 4.67. The zero-order chi connectivity index (χ0) is 14.4. The van der Waals surface area contributed by atoms with Gasteiger partial charge in [0.05, 0.1) is 6.54 Å². The summed E-state index contributed by atoms with van der Waals surface area (Å²) in [4.78, 5) is 24.0. The van der Waals surface area contributed by atoms with Crippen molar-refractivity contribution in [1.82, 2.24) is 14.5 Å². The molecular formula is C12H12ClN5O2. The summed E-state index contributed by atoms with van der Waals surface area (Å²) in [7, 11) is 1.36. The average molecular weight is 294 g/mol. The SMILES string of the molecule is CO/N=C/C(=O)Nc1nccn1Cc1ccc(Cl)nc1. The molecule has 8 heteroatoms. The van der Waals surface area contributed by atoms with Crippen molar-refractivity contribution in [1.29, 1.82) is 0 Å². The topological polar surface area (TPSA) is 81.4 Å². The number of hydrogen-bond donors (Lipinski definition) is 1. The van der Waals surface area contributed by atoms with Gasteiger partial charge in [0.15, 0.2) is 0 Å². The highest BCUT2D eigenvalue weighted by molar-refractivity contribution is 6.31. The number of rotatable bonds is 5. The van der Waals surface area contributed by atoms with Gasteiger partial charge in [-0.25, -0.2) is 9.97 Å². The Morgan fingerprint density at radius 1 is 1.55 bits per heavy atom. The van der Waals surface area contributed by atoms with E-state index in [1.807, 2.05) is 6.07 Å². The second kappa shape index (κ2) is 6.67. The van der Waals surface area contributed by atoms with Gasteiger partial charge in [-0.05, 0) is 11.6 Å². The molecular weight excluding hydrogens is 282 g/mol. The van der Waals surface area contributed by atoms with Crippen molar-refractivity contribution in [2.75, 3.05) is 12.4 Å². The number of anilines is 1. The highest BCUT2D eigenvalue weighted by Crippen LogP contribution is 2.10. The minimum atomic E-state index is -0.423. The lowest BCUT2D eigenvalue weighted by atomic mass is 10.3. The van der Waals surface area contributed by atoms with Crippen LogP contribution >= 0.6 is 11.6 Å². The van der Waals surface area contributed by atoms with Crippen LogP contribution in [0.5, 0.6) is 0 Å². The van der Waals surface area contributed by atoms with Gasteiger partial charge < -0.3 is 9.40 Å². The molecule has 0 radical (unpaired) electrons. The summed E-state index contributed by atoms with van der Waals surface area (Å²) < 4.78 is 1.77. The molecule has 0 aliphatic carbocycles. The van der Waals surface area contributed by atoms with Crippen LogP contribution in [0.15, 0.2) is 35.9 Å². The number of carbonyl (C=O) groups excluding carboxylic acids is 1. The largest absolute Gasteiger partial charge is 0.399 e. The van der Waals surface area contributed by atoms with Crippen molar-refractivity contribution in [2.24, 2.45) is 5.16 Å². The van der Waals surface area contributed by atoms with Gasteiger partial charge in [-0.15, -0.1) is 0 Å². The van der Waals surface area contributed by atoms with Crippen molar-refractivity contribution in [3.8, 4) is 0 Å². The third kappa shape index (κ3) is 3.79. The number of hydrogen-bond acceptors (Lipinski definition) is 5. The number of amides is 1. The van der Waals surface area contributed by atoms with Crippen LogP contribution in [0.1, 0.15) is 5.56 Å². The quantitative estimate of drug-likeness (QED) is 0.515. The van der Waals surface area contributed by atoms with E-state index >= 15 is 0 Å². The maximum Gasteiger partial charge on any atom is 0.272 e. The van der Waals surface area contributed by atoms with Crippen LogP contribution in [-0.4, -0.2) is 33.8 Å². The molecule has 7 nitrogen and oxygen atoms in total. The van der Waals surface area contributed by atoms with Crippen molar-refractivity contribution in [3.05, 3.63) is 41.4 Å². The summed E-state index contributed by atoms with van der Waals surface area (Å²) in [6.07, 6.45) is 6.04. The smallest absolute Gasteiger partial charge is 0.272 e. The lowest BCUT2D eigenvalue weighted by molar-refractivity contribution is -0.110. The lowest BCUT2D eigenvalue weighted by Gasteiger charge is -2.07. The monoisotopic (exact) mass is 293 g/mol. The molecule has 0 aliphatic rings. The van der Waals surface area contributed by atoms with E-state index in [0.29, 0.717) is 17.6 Å². The second-order valence-corrected chi connectivity index (χ2v) is 4.16. The number of aromatic nitrogens is 3. The summed E-state index contributed by atoms with van der Waals surface area (Å²) in [6, 6.07) is 3.56. The van der Waals surface area contributed by atoms with E-state index in [1.54, 1.807) is 29.2 Å². The van der Waals surface area contributed by atoms with E-state index in [-0.39, 0.29) is 0 Å². The van der Waals surface area contributed by atoms with Gasteiger partial charge in [-0.2, -0.15) is 0 Å². The van der Waals surface area contributed by atoms with Crippen LogP contribution < -0.4 is 5.32 Å². The minimum absolute atomic E-state index is 0.410. The number of nitrogens with zero attached hydrogens (tertiary/aromatic N) is 4. The Bertz CT molecular complexity index is 609. The van der Waals surface area contributed by atoms with E-state index in [1.165, 1.54) is 7.11 Å². The molecule has 0 bridgehead atoms. The maximum atomic E-state index is 11.5. The lowest BCUT2D eigenvalue weighted by Crippen LogP contribution is -2.17. The van der Waals surface area contributed by atoms with E-state index in [9.17, 15) is 4.79 Å². The Morgan fingerprint density at radius 3 is 3.10 bits per heavy atom. The van der Waals surface area contributed by atoms with Crippen molar-refractivity contribution >= 4 is 29.7 Å². The van der Waals surface area contributed by atoms with Gasteiger partial charge in [0.1, 0.15) is 18.5 Å². The molecule has 0 aliphatic heterocycles. The molecule has 0 spiro atoms. The van der Waals surface area contributed by atoms with Crippen LogP contribution in [0, 0.1) is 0 Å². The standard InChI is InChI=1S/C12H12ClN5O2/c1-20-16-7-11(19)17-12-14-4-5-18(12)8-9-2-3-10(13)15-6-9/h2-7H,8H2,1H3,(H,14,17,19)/b16-7+. The van der Waals surface area contributed by atoms with E-state index < -0.39 is 5.91 Å². The first-order chi connectivity index (χ1) is 9.69. The number of carbonyl (C=O) groups is 1. The zero-order valence-electron chi connectivity index (χ0n) is 10.7. The molecule has 0 saturated heterocycles. The van der Waals surface area contributed by atoms with Crippen molar-refractivity contribution in [2.45, 2.75) is 6.54 Å². The predicted octanol–water partition coefficient (Wildman–Crippen LogP) is 1.55. The summed E-state index contributed by atoms with van der Waals surface area (Å²) in [5.74, 6) is -0.0129. The molecule has 0 atom stereocenters. The molecule has 2 aromatic heterocycles. The molecule has 2 aromatic rings. The van der Waals surface area contributed by atoms with Gasteiger partial charge in [0.25, 0.3) is 5.91 Å². The first kappa shape index (κ1) is 14.0. The van der Waals surface area contributed by atoms with Crippen LogP contribution in [0.2, 0.25) is 5.15 Å². The molecule has 0 aromatic carbocycles. The highest BCUT2D eigenvalue weighted by Gasteiger charge is 2.06. The molecule has 104 valence electrons. The number of imidazole rings is 1. The predicted molar refractivity (Wildman–Crippen MR) is 74.7 cm³/mol. The summed E-state index contributed by atoms with van der Waals surface area (Å²) in [6.45, 7) is 0.515. The normalized spacial score (nSPS) is 10.7. The Balaban J connectivity index is 2.06. The Hall–Kier alpha value is -2.41. The minimum Gasteiger partial charge on any atom is -0.399 e. The maximum absolute atomic E-state index is 11.5. The zero-order valence-corrected chi connectivity index (χ0v) is 11.4. The molecule has 1 N–H and O–H groups in total. The van der Waals surface area contributed by atoms with E-state index in [4.69, 9.17) is 11.6 Å². The average Bonchev–Trinajstić information content (AvgIpc) is 2.86. The first-order valence-corrected chi connectivity index (χ1v) is 6.06. The fraction of sp³-hybridized carbons (Fsp3) is 0.167. The number of nitrogens with one attached hydrogen (secondary N) is 1. The van der Waals surface area contributed by atoms with E-state index in [2.05, 4.69) is 25.3 Å². The van der Waals surface area contributed by atoms with E-state index in [0.717, 1.165) is 11.8 Å². The number of pyridine rings is 1. The summed E-state index contributed by atoms with van der Waals surface area (Å²) >= 11 is 5.73.